The zero-order chi connectivity index (χ0) is 13.2. The highest BCUT2D eigenvalue weighted by Crippen LogP contribution is 2.29. The number of likely N-dealkylation sites (N-methyl/N-ethyl adjacent to an activating group) is 2. The summed E-state index contributed by atoms with van der Waals surface area (Å²) in [6.07, 6.45) is 1.90. The molecular formula is C15H21N3O. The van der Waals surface area contributed by atoms with Crippen LogP contribution in [0, 0.1) is 0 Å². The molecule has 0 bridgehead atoms. The Morgan fingerprint density at radius 2 is 2.26 bits per heavy atom. The topological polar surface area (TPSA) is 40.4 Å². The predicted molar refractivity (Wildman–Crippen MR) is 77.3 cm³/mol. The van der Waals surface area contributed by atoms with E-state index in [1.54, 1.807) is 0 Å². The first-order chi connectivity index (χ1) is 9.31. The Morgan fingerprint density at radius 3 is 3.05 bits per heavy atom. The van der Waals surface area contributed by atoms with Crippen molar-refractivity contribution in [3.05, 3.63) is 36.1 Å². The second kappa shape index (κ2) is 5.33. The number of rotatable bonds is 3. The van der Waals surface area contributed by atoms with Crippen LogP contribution in [0.3, 0.4) is 0 Å². The number of hydrogen-bond donors (Lipinski definition) is 2. The fourth-order valence-corrected chi connectivity index (χ4v) is 2.99. The third-order valence-corrected chi connectivity index (χ3v) is 4.10. The largest absolute Gasteiger partial charge is 0.464 e. The van der Waals surface area contributed by atoms with Crippen LogP contribution >= 0.6 is 0 Å². The van der Waals surface area contributed by atoms with Gasteiger partial charge in [-0.05, 0) is 20.2 Å². The first-order valence-electron chi connectivity index (χ1n) is 6.85. The number of furan rings is 1. The zero-order valence-corrected chi connectivity index (χ0v) is 11.5. The molecule has 2 N–H and O–H groups in total. The van der Waals surface area contributed by atoms with Crippen LogP contribution in [0.5, 0.6) is 0 Å². The molecule has 4 heteroatoms. The molecule has 2 unspecified atom stereocenters. The minimum Gasteiger partial charge on any atom is -0.464 e. The molecule has 1 aromatic heterocycles. The van der Waals surface area contributed by atoms with E-state index < -0.39 is 0 Å². The molecule has 0 amide bonds. The van der Waals surface area contributed by atoms with Gasteiger partial charge in [-0.3, -0.25) is 4.90 Å². The monoisotopic (exact) mass is 259 g/mol. The van der Waals surface area contributed by atoms with Crippen molar-refractivity contribution in [2.45, 2.75) is 12.1 Å². The smallest absolute Gasteiger partial charge is 0.134 e. The molecule has 1 aliphatic rings. The van der Waals surface area contributed by atoms with E-state index in [0.717, 1.165) is 25.2 Å². The van der Waals surface area contributed by atoms with E-state index in [0.29, 0.717) is 6.04 Å². The van der Waals surface area contributed by atoms with Gasteiger partial charge in [0.15, 0.2) is 0 Å². The van der Waals surface area contributed by atoms with Gasteiger partial charge in [0.05, 0.1) is 12.3 Å². The molecule has 1 saturated heterocycles. The first kappa shape index (κ1) is 12.7. The Balaban J connectivity index is 1.97. The number of fused-ring (bicyclic) bond motifs is 1. The van der Waals surface area contributed by atoms with Crippen LogP contribution in [0.25, 0.3) is 11.0 Å². The van der Waals surface area contributed by atoms with Gasteiger partial charge in [-0.2, -0.15) is 0 Å². The Hall–Kier alpha value is -1.36. The van der Waals surface area contributed by atoms with Crippen LogP contribution in [0.4, 0.5) is 0 Å². The number of para-hydroxylation sites is 1. The lowest BCUT2D eigenvalue weighted by molar-refractivity contribution is 0.162. The average molecular weight is 259 g/mol. The maximum atomic E-state index is 5.68. The van der Waals surface area contributed by atoms with E-state index in [2.05, 4.69) is 34.7 Å². The van der Waals surface area contributed by atoms with Gasteiger partial charge in [-0.1, -0.05) is 18.2 Å². The quantitative estimate of drug-likeness (QED) is 0.878. The number of piperazine rings is 1. The average Bonchev–Trinajstić information content (AvgIpc) is 2.86. The van der Waals surface area contributed by atoms with Crippen LogP contribution < -0.4 is 10.6 Å². The lowest BCUT2D eigenvalue weighted by Gasteiger charge is -2.38. The molecule has 1 aromatic carbocycles. The van der Waals surface area contributed by atoms with Crippen LogP contribution in [-0.2, 0) is 0 Å². The molecule has 0 radical (unpaired) electrons. The lowest BCUT2D eigenvalue weighted by atomic mass is 9.96. The molecule has 102 valence electrons. The van der Waals surface area contributed by atoms with E-state index in [1.165, 1.54) is 10.9 Å². The third kappa shape index (κ3) is 2.27. The Kier molecular flexibility index (Phi) is 3.55. The minimum atomic E-state index is 0.279. The second-order valence-electron chi connectivity index (χ2n) is 5.21. The normalized spacial score (nSPS) is 22.7. The summed E-state index contributed by atoms with van der Waals surface area (Å²) in [6, 6.07) is 8.96. The van der Waals surface area contributed by atoms with E-state index in [4.69, 9.17) is 4.42 Å². The van der Waals surface area contributed by atoms with Crippen molar-refractivity contribution in [1.82, 2.24) is 15.5 Å². The van der Waals surface area contributed by atoms with Crippen molar-refractivity contribution in [3.8, 4) is 0 Å². The van der Waals surface area contributed by atoms with E-state index in [1.807, 2.05) is 25.4 Å². The first-order valence-corrected chi connectivity index (χ1v) is 6.85. The molecule has 2 atom stereocenters. The summed E-state index contributed by atoms with van der Waals surface area (Å²) in [5.41, 5.74) is 2.21. The van der Waals surface area contributed by atoms with Gasteiger partial charge in [0.25, 0.3) is 0 Å². The number of nitrogens with zero attached hydrogens (tertiary/aromatic N) is 1. The van der Waals surface area contributed by atoms with Gasteiger partial charge in [-0.25, -0.2) is 0 Å². The maximum absolute atomic E-state index is 5.68. The maximum Gasteiger partial charge on any atom is 0.134 e. The Labute approximate surface area is 113 Å². The number of hydrogen-bond acceptors (Lipinski definition) is 4. The minimum absolute atomic E-state index is 0.279. The van der Waals surface area contributed by atoms with Gasteiger partial charge in [0.1, 0.15) is 5.58 Å². The van der Waals surface area contributed by atoms with E-state index >= 15 is 0 Å². The second-order valence-corrected chi connectivity index (χ2v) is 5.21. The van der Waals surface area contributed by atoms with Crippen LogP contribution in [0.2, 0.25) is 0 Å². The molecule has 1 aliphatic heterocycles. The lowest BCUT2D eigenvalue weighted by Crippen LogP contribution is -2.54. The standard InChI is InChI=1S/C15H21N3O/c1-16-15(13-9-17-7-8-18(13)2)12-10-19-14-6-4-3-5-11(12)14/h3-6,10,13,15-17H,7-9H2,1-2H3. The summed E-state index contributed by atoms with van der Waals surface area (Å²) in [6.45, 7) is 3.15. The van der Waals surface area contributed by atoms with Crippen molar-refractivity contribution in [1.29, 1.82) is 0 Å². The highest BCUT2D eigenvalue weighted by atomic mass is 16.3. The summed E-state index contributed by atoms with van der Waals surface area (Å²) in [5.74, 6) is 0. The molecule has 2 heterocycles. The SMILES string of the molecule is CNC(c1coc2ccccc12)C1CNCCN1C. The molecule has 0 aliphatic carbocycles. The molecule has 4 nitrogen and oxygen atoms in total. The van der Waals surface area contributed by atoms with Crippen molar-refractivity contribution < 1.29 is 4.42 Å². The molecule has 3 rings (SSSR count). The van der Waals surface area contributed by atoms with Crippen molar-refractivity contribution >= 4 is 11.0 Å². The van der Waals surface area contributed by atoms with Crippen molar-refractivity contribution in [2.75, 3.05) is 33.7 Å². The van der Waals surface area contributed by atoms with Crippen LogP contribution in [0.15, 0.2) is 34.9 Å². The summed E-state index contributed by atoms with van der Waals surface area (Å²) >= 11 is 0. The molecule has 19 heavy (non-hydrogen) atoms. The fraction of sp³-hybridized carbons (Fsp3) is 0.467. The number of benzene rings is 1. The fourth-order valence-electron chi connectivity index (χ4n) is 2.99. The van der Waals surface area contributed by atoms with Crippen molar-refractivity contribution in [3.63, 3.8) is 0 Å². The number of nitrogens with one attached hydrogen (secondary N) is 2. The zero-order valence-electron chi connectivity index (χ0n) is 11.5. The highest BCUT2D eigenvalue weighted by Gasteiger charge is 2.29. The molecular weight excluding hydrogens is 238 g/mol. The summed E-state index contributed by atoms with van der Waals surface area (Å²) in [4.78, 5) is 2.42. The highest BCUT2D eigenvalue weighted by molar-refractivity contribution is 5.81. The Morgan fingerprint density at radius 1 is 1.42 bits per heavy atom. The van der Waals surface area contributed by atoms with Crippen molar-refractivity contribution in [2.24, 2.45) is 0 Å². The van der Waals surface area contributed by atoms with Gasteiger partial charge in [0.2, 0.25) is 0 Å². The van der Waals surface area contributed by atoms with Crippen LogP contribution in [-0.4, -0.2) is 44.7 Å². The third-order valence-electron chi connectivity index (χ3n) is 4.10. The van der Waals surface area contributed by atoms with Gasteiger partial charge in [-0.15, -0.1) is 0 Å². The molecule has 0 saturated carbocycles. The Bertz CT molecular complexity index is 551. The van der Waals surface area contributed by atoms with Gasteiger partial charge in [0, 0.05) is 36.6 Å². The molecule has 1 fully saturated rings. The summed E-state index contributed by atoms with van der Waals surface area (Å²) < 4.78 is 5.68. The predicted octanol–water partition coefficient (Wildman–Crippen LogP) is 1.60. The van der Waals surface area contributed by atoms with Crippen LogP contribution in [0.1, 0.15) is 11.6 Å². The summed E-state index contributed by atoms with van der Waals surface area (Å²) in [5, 5.41) is 8.14. The molecule has 2 aromatic rings. The van der Waals surface area contributed by atoms with E-state index in [9.17, 15) is 0 Å². The van der Waals surface area contributed by atoms with E-state index in [-0.39, 0.29) is 6.04 Å². The van der Waals surface area contributed by atoms with Gasteiger partial charge < -0.3 is 15.1 Å². The van der Waals surface area contributed by atoms with Gasteiger partial charge >= 0.3 is 0 Å². The summed E-state index contributed by atoms with van der Waals surface area (Å²) in [7, 11) is 4.22. The molecule has 0 spiro atoms.